The quantitative estimate of drug-likeness (QED) is 0.698. The van der Waals surface area contributed by atoms with Crippen molar-refractivity contribution >= 4 is 5.52 Å². The van der Waals surface area contributed by atoms with Crippen molar-refractivity contribution in [2.75, 3.05) is 7.11 Å². The first-order valence-electron chi connectivity index (χ1n) is 4.34. The Morgan fingerprint density at radius 1 is 1.54 bits per heavy atom. The molecule has 0 aliphatic rings. The molecule has 0 aliphatic carbocycles. The lowest BCUT2D eigenvalue weighted by Gasteiger charge is -2.07. The molecule has 0 unspecified atom stereocenters. The largest absolute Gasteiger partial charge is 0.496 e. The first kappa shape index (κ1) is 8.10. The summed E-state index contributed by atoms with van der Waals surface area (Å²) in [6.07, 6.45) is 6.58. The average Bonchev–Trinajstić information content (AvgIpc) is 2.63. The Morgan fingerprint density at radius 2 is 2.38 bits per heavy atom. The molecule has 13 heavy (non-hydrogen) atoms. The van der Waals surface area contributed by atoms with Crippen LogP contribution in [0.5, 0.6) is 5.75 Å². The molecule has 3 nitrogen and oxygen atoms in total. The third-order valence-electron chi connectivity index (χ3n) is 2.23. The molecule has 0 bridgehead atoms. The highest BCUT2D eigenvalue weighted by Gasteiger charge is 2.05. The van der Waals surface area contributed by atoms with E-state index in [0.29, 0.717) is 0 Å². The Morgan fingerprint density at radius 3 is 3.08 bits per heavy atom. The summed E-state index contributed by atoms with van der Waals surface area (Å²) >= 11 is 0. The topological polar surface area (TPSA) is 26.5 Å². The Labute approximate surface area is 77.0 Å². The van der Waals surface area contributed by atoms with Crippen LogP contribution in [-0.2, 0) is 6.42 Å². The van der Waals surface area contributed by atoms with Gasteiger partial charge in [-0.25, -0.2) is 4.98 Å². The molecule has 2 rings (SSSR count). The van der Waals surface area contributed by atoms with Crippen molar-refractivity contribution in [3.05, 3.63) is 30.4 Å². The second-order valence-corrected chi connectivity index (χ2v) is 2.90. The number of nitrogens with zero attached hydrogens (tertiary/aromatic N) is 2. The van der Waals surface area contributed by atoms with Crippen LogP contribution in [0.3, 0.4) is 0 Å². The summed E-state index contributed by atoms with van der Waals surface area (Å²) in [4.78, 5) is 4.09. The van der Waals surface area contributed by atoms with Crippen LogP contribution in [0.2, 0.25) is 0 Å². The van der Waals surface area contributed by atoms with Crippen molar-refractivity contribution in [2.24, 2.45) is 0 Å². The van der Waals surface area contributed by atoms with Gasteiger partial charge in [0.2, 0.25) is 0 Å². The summed E-state index contributed by atoms with van der Waals surface area (Å²) in [5.74, 6) is 0.940. The molecular formula is C10H12N2O. The molecule has 0 N–H and O–H groups in total. The molecule has 0 aromatic carbocycles. The zero-order valence-corrected chi connectivity index (χ0v) is 7.82. The zero-order valence-electron chi connectivity index (χ0n) is 7.82. The molecule has 3 heteroatoms. The Kier molecular flexibility index (Phi) is 1.93. The van der Waals surface area contributed by atoms with Gasteiger partial charge in [0.25, 0.3) is 0 Å². The van der Waals surface area contributed by atoms with E-state index < -0.39 is 0 Å². The predicted octanol–water partition coefficient (Wildman–Crippen LogP) is 1.91. The number of hydrogen-bond donors (Lipinski definition) is 0. The molecule has 0 saturated heterocycles. The maximum atomic E-state index is 5.27. The molecule has 0 amide bonds. The number of ether oxygens (including phenoxy) is 1. The first-order valence-corrected chi connectivity index (χ1v) is 4.34. The van der Waals surface area contributed by atoms with E-state index >= 15 is 0 Å². The molecule has 2 heterocycles. The minimum absolute atomic E-state index is 0.940. The fourth-order valence-corrected chi connectivity index (χ4v) is 1.58. The summed E-state index contributed by atoms with van der Waals surface area (Å²) in [6, 6.07) is 1.97. The van der Waals surface area contributed by atoms with E-state index in [1.54, 1.807) is 13.4 Å². The van der Waals surface area contributed by atoms with E-state index in [4.69, 9.17) is 4.74 Å². The molecule has 0 aliphatic heterocycles. The first-order chi connectivity index (χ1) is 6.36. The fourth-order valence-electron chi connectivity index (χ4n) is 1.58. The lowest BCUT2D eigenvalue weighted by molar-refractivity contribution is 0.410. The highest BCUT2D eigenvalue weighted by Crippen LogP contribution is 2.22. The number of hydrogen-bond acceptors (Lipinski definition) is 2. The second-order valence-electron chi connectivity index (χ2n) is 2.90. The van der Waals surface area contributed by atoms with Crippen molar-refractivity contribution in [2.45, 2.75) is 13.3 Å². The minimum atomic E-state index is 0.940. The number of methoxy groups -OCH3 is 1. The summed E-state index contributed by atoms with van der Waals surface area (Å²) in [5, 5.41) is 0. The highest BCUT2D eigenvalue weighted by molar-refractivity contribution is 5.59. The van der Waals surface area contributed by atoms with E-state index in [2.05, 4.69) is 11.9 Å². The van der Waals surface area contributed by atoms with Crippen LogP contribution >= 0.6 is 0 Å². The summed E-state index contributed by atoms with van der Waals surface area (Å²) in [5.41, 5.74) is 2.34. The van der Waals surface area contributed by atoms with Gasteiger partial charge < -0.3 is 9.14 Å². The number of rotatable bonds is 2. The Balaban J connectivity index is 2.74. The fraction of sp³-hybridized carbons (Fsp3) is 0.300. The molecule has 0 fully saturated rings. The minimum Gasteiger partial charge on any atom is -0.496 e. The van der Waals surface area contributed by atoms with Gasteiger partial charge in [0.15, 0.2) is 0 Å². The summed E-state index contributed by atoms with van der Waals surface area (Å²) in [6.45, 7) is 2.12. The van der Waals surface area contributed by atoms with Crippen molar-refractivity contribution in [1.29, 1.82) is 0 Å². The van der Waals surface area contributed by atoms with E-state index in [-0.39, 0.29) is 0 Å². The normalized spacial score (nSPS) is 10.6. The third-order valence-corrected chi connectivity index (χ3v) is 2.23. The van der Waals surface area contributed by atoms with E-state index in [9.17, 15) is 0 Å². The van der Waals surface area contributed by atoms with Gasteiger partial charge in [-0.15, -0.1) is 0 Å². The van der Waals surface area contributed by atoms with Crippen molar-refractivity contribution in [1.82, 2.24) is 9.38 Å². The van der Waals surface area contributed by atoms with E-state index in [1.807, 2.05) is 22.9 Å². The van der Waals surface area contributed by atoms with Gasteiger partial charge >= 0.3 is 0 Å². The standard InChI is InChI=1S/C10H12N2O/c1-3-8-9-6-11-7-12(9)5-4-10(8)13-2/h4-7H,3H2,1-2H3. The smallest absolute Gasteiger partial charge is 0.125 e. The maximum absolute atomic E-state index is 5.27. The van der Waals surface area contributed by atoms with Crippen LogP contribution < -0.4 is 4.74 Å². The molecule has 0 spiro atoms. The van der Waals surface area contributed by atoms with Gasteiger partial charge in [-0.2, -0.15) is 0 Å². The van der Waals surface area contributed by atoms with Crippen LogP contribution in [0.1, 0.15) is 12.5 Å². The predicted molar refractivity (Wildman–Crippen MR) is 51.1 cm³/mol. The second kappa shape index (κ2) is 3.09. The molecule has 68 valence electrons. The SMILES string of the molecule is CCc1c(OC)ccn2cncc12. The number of aryl methyl sites for hydroxylation is 1. The van der Waals surface area contributed by atoms with E-state index in [1.165, 1.54) is 5.56 Å². The van der Waals surface area contributed by atoms with Crippen molar-refractivity contribution < 1.29 is 4.74 Å². The number of imidazole rings is 1. The Bertz CT molecular complexity index is 420. The van der Waals surface area contributed by atoms with Crippen LogP contribution in [-0.4, -0.2) is 16.5 Å². The maximum Gasteiger partial charge on any atom is 0.125 e. The Hall–Kier alpha value is -1.51. The summed E-state index contributed by atoms with van der Waals surface area (Å²) < 4.78 is 7.27. The van der Waals surface area contributed by atoms with Crippen LogP contribution in [0.4, 0.5) is 0 Å². The lowest BCUT2D eigenvalue weighted by atomic mass is 10.1. The lowest BCUT2D eigenvalue weighted by Crippen LogP contribution is -1.94. The van der Waals surface area contributed by atoms with Gasteiger partial charge in [-0.1, -0.05) is 6.92 Å². The van der Waals surface area contributed by atoms with Gasteiger partial charge in [0.1, 0.15) is 5.75 Å². The molecular weight excluding hydrogens is 164 g/mol. The van der Waals surface area contributed by atoms with Gasteiger partial charge in [0.05, 0.1) is 25.2 Å². The van der Waals surface area contributed by atoms with Crippen LogP contribution in [0.15, 0.2) is 24.8 Å². The average molecular weight is 176 g/mol. The van der Waals surface area contributed by atoms with Crippen LogP contribution in [0, 0.1) is 0 Å². The van der Waals surface area contributed by atoms with Crippen LogP contribution in [0.25, 0.3) is 5.52 Å². The zero-order chi connectivity index (χ0) is 9.26. The molecule has 0 radical (unpaired) electrons. The molecule has 0 saturated carbocycles. The number of fused-ring (bicyclic) bond motifs is 1. The van der Waals surface area contributed by atoms with Crippen molar-refractivity contribution in [3.63, 3.8) is 0 Å². The summed E-state index contributed by atoms with van der Waals surface area (Å²) in [7, 11) is 1.70. The van der Waals surface area contributed by atoms with Gasteiger partial charge in [-0.3, -0.25) is 0 Å². The number of aromatic nitrogens is 2. The van der Waals surface area contributed by atoms with Gasteiger partial charge in [-0.05, 0) is 12.5 Å². The number of pyridine rings is 1. The van der Waals surface area contributed by atoms with E-state index in [0.717, 1.165) is 17.7 Å². The molecule has 2 aromatic heterocycles. The van der Waals surface area contributed by atoms with Gasteiger partial charge in [0, 0.05) is 11.8 Å². The molecule has 0 atom stereocenters. The molecule has 2 aromatic rings. The highest BCUT2D eigenvalue weighted by atomic mass is 16.5. The third kappa shape index (κ3) is 1.16. The van der Waals surface area contributed by atoms with Crippen molar-refractivity contribution in [3.8, 4) is 5.75 Å². The monoisotopic (exact) mass is 176 g/mol.